The Hall–Kier alpha value is -0.560. The second kappa shape index (κ2) is 6.74. The number of thioether (sulfide) groups is 2. The number of hydrogen-bond donors (Lipinski definition) is 0. The Kier molecular flexibility index (Phi) is 5.27. The minimum absolute atomic E-state index is 0.166. The standard InChI is InChI=1S/C11H8Cl2FN3S2/c1-18-10-8(14)9(13)16-11(17-10)19-5-7-4-6(12)2-3-15-7/h2-4H,5H2,1H3. The molecule has 0 bridgehead atoms. The zero-order chi connectivity index (χ0) is 13.8. The SMILES string of the molecule is CSc1nc(SCc2cc(Cl)ccn2)nc(Cl)c1F. The largest absolute Gasteiger partial charge is 0.260 e. The third-order valence-electron chi connectivity index (χ3n) is 2.08. The molecule has 0 aliphatic heterocycles. The highest BCUT2D eigenvalue weighted by molar-refractivity contribution is 7.99. The predicted octanol–water partition coefficient (Wildman–Crippen LogP) is 4.33. The molecular formula is C11H8Cl2FN3S2. The quantitative estimate of drug-likeness (QED) is 0.472. The molecule has 0 aliphatic rings. The Labute approximate surface area is 128 Å². The molecule has 2 aromatic rings. The average Bonchev–Trinajstić information content (AvgIpc) is 2.40. The molecule has 0 saturated carbocycles. The molecule has 0 amide bonds. The van der Waals surface area contributed by atoms with E-state index in [0.29, 0.717) is 15.9 Å². The summed E-state index contributed by atoms with van der Waals surface area (Å²) in [7, 11) is 0. The van der Waals surface area contributed by atoms with Crippen molar-refractivity contribution < 1.29 is 4.39 Å². The van der Waals surface area contributed by atoms with Crippen LogP contribution in [0, 0.1) is 5.82 Å². The molecule has 8 heteroatoms. The normalized spacial score (nSPS) is 10.7. The van der Waals surface area contributed by atoms with Crippen molar-refractivity contribution >= 4 is 46.7 Å². The number of aromatic nitrogens is 3. The summed E-state index contributed by atoms with van der Waals surface area (Å²) in [5, 5.41) is 1.11. The van der Waals surface area contributed by atoms with Gasteiger partial charge in [0.15, 0.2) is 16.1 Å². The number of rotatable bonds is 4. The second-order valence-electron chi connectivity index (χ2n) is 3.37. The first-order valence-electron chi connectivity index (χ1n) is 5.10. The van der Waals surface area contributed by atoms with Crippen molar-refractivity contribution in [2.45, 2.75) is 15.9 Å². The molecule has 0 fully saturated rings. The first kappa shape index (κ1) is 14.8. The van der Waals surface area contributed by atoms with Crippen LogP contribution in [0.4, 0.5) is 4.39 Å². The van der Waals surface area contributed by atoms with Gasteiger partial charge in [0.1, 0.15) is 5.03 Å². The van der Waals surface area contributed by atoms with Gasteiger partial charge >= 0.3 is 0 Å². The Balaban J connectivity index is 2.13. The maximum atomic E-state index is 13.5. The molecule has 0 N–H and O–H groups in total. The fourth-order valence-corrected chi connectivity index (χ4v) is 2.96. The fraction of sp³-hybridized carbons (Fsp3) is 0.182. The van der Waals surface area contributed by atoms with E-state index >= 15 is 0 Å². The molecule has 0 radical (unpaired) electrons. The minimum Gasteiger partial charge on any atom is -0.260 e. The molecule has 100 valence electrons. The zero-order valence-corrected chi connectivity index (χ0v) is 12.9. The third-order valence-corrected chi connectivity index (χ3v) is 4.10. The highest BCUT2D eigenvalue weighted by atomic mass is 35.5. The highest BCUT2D eigenvalue weighted by Gasteiger charge is 2.12. The van der Waals surface area contributed by atoms with Crippen LogP contribution in [0.2, 0.25) is 10.2 Å². The summed E-state index contributed by atoms with van der Waals surface area (Å²) in [5.74, 6) is -0.0459. The minimum atomic E-state index is -0.584. The summed E-state index contributed by atoms with van der Waals surface area (Å²) < 4.78 is 13.5. The Morgan fingerprint density at radius 3 is 2.79 bits per heavy atom. The van der Waals surface area contributed by atoms with E-state index in [4.69, 9.17) is 23.2 Å². The second-order valence-corrected chi connectivity index (χ2v) is 5.91. The van der Waals surface area contributed by atoms with Gasteiger partial charge < -0.3 is 0 Å². The maximum Gasteiger partial charge on any atom is 0.192 e. The Morgan fingerprint density at radius 1 is 1.32 bits per heavy atom. The van der Waals surface area contributed by atoms with Gasteiger partial charge in [-0.1, -0.05) is 35.0 Å². The number of pyridine rings is 1. The van der Waals surface area contributed by atoms with Gasteiger partial charge in [0.2, 0.25) is 0 Å². The van der Waals surface area contributed by atoms with Gasteiger partial charge in [-0.3, -0.25) is 4.98 Å². The van der Waals surface area contributed by atoms with Gasteiger partial charge in [-0.15, -0.1) is 11.8 Å². The average molecular weight is 336 g/mol. The highest BCUT2D eigenvalue weighted by Crippen LogP contribution is 2.27. The predicted molar refractivity (Wildman–Crippen MR) is 77.6 cm³/mol. The van der Waals surface area contributed by atoms with Crippen LogP contribution in [0.1, 0.15) is 5.69 Å². The van der Waals surface area contributed by atoms with Crippen molar-refractivity contribution in [2.75, 3.05) is 6.26 Å². The molecule has 0 spiro atoms. The number of halogens is 3. The lowest BCUT2D eigenvalue weighted by Crippen LogP contribution is -1.96. The van der Waals surface area contributed by atoms with Gasteiger partial charge in [0.05, 0.1) is 5.69 Å². The van der Waals surface area contributed by atoms with Crippen LogP contribution in [-0.4, -0.2) is 21.2 Å². The third kappa shape index (κ3) is 3.95. The topological polar surface area (TPSA) is 38.7 Å². The molecule has 0 atom stereocenters. The first-order valence-corrected chi connectivity index (χ1v) is 8.07. The summed E-state index contributed by atoms with van der Waals surface area (Å²) >= 11 is 14.1. The van der Waals surface area contributed by atoms with Crippen LogP contribution < -0.4 is 0 Å². The van der Waals surface area contributed by atoms with Crippen LogP contribution in [0.15, 0.2) is 28.5 Å². The Bertz CT molecular complexity index is 598. The van der Waals surface area contributed by atoms with Gasteiger partial charge in [0.25, 0.3) is 0 Å². The van der Waals surface area contributed by atoms with Crippen molar-refractivity contribution in [1.29, 1.82) is 0 Å². The van der Waals surface area contributed by atoms with Crippen molar-refractivity contribution in [3.8, 4) is 0 Å². The van der Waals surface area contributed by atoms with E-state index in [-0.39, 0.29) is 10.2 Å². The number of nitrogens with zero attached hydrogens (tertiary/aromatic N) is 3. The molecule has 0 unspecified atom stereocenters. The van der Waals surface area contributed by atoms with Crippen LogP contribution in [0.3, 0.4) is 0 Å². The number of hydrogen-bond acceptors (Lipinski definition) is 5. The summed E-state index contributed by atoms with van der Waals surface area (Å²) in [6.07, 6.45) is 3.36. The lowest BCUT2D eigenvalue weighted by Gasteiger charge is -2.04. The van der Waals surface area contributed by atoms with Gasteiger partial charge in [-0.2, -0.15) is 0 Å². The van der Waals surface area contributed by atoms with Crippen LogP contribution in [-0.2, 0) is 5.75 Å². The van der Waals surface area contributed by atoms with Crippen LogP contribution in [0.25, 0.3) is 0 Å². The fourth-order valence-electron chi connectivity index (χ4n) is 1.25. The lowest BCUT2D eigenvalue weighted by molar-refractivity contribution is 0.568. The molecule has 2 rings (SSSR count). The van der Waals surface area contributed by atoms with E-state index in [1.54, 1.807) is 24.6 Å². The van der Waals surface area contributed by atoms with E-state index < -0.39 is 5.82 Å². The van der Waals surface area contributed by atoms with E-state index in [1.165, 1.54) is 23.5 Å². The molecule has 0 aromatic carbocycles. The summed E-state index contributed by atoms with van der Waals surface area (Å²) in [6.45, 7) is 0. The van der Waals surface area contributed by atoms with Crippen LogP contribution in [0.5, 0.6) is 0 Å². The summed E-state index contributed by atoms with van der Waals surface area (Å²) in [4.78, 5) is 12.1. The van der Waals surface area contributed by atoms with E-state index in [2.05, 4.69) is 15.0 Å². The molecule has 19 heavy (non-hydrogen) atoms. The molecule has 0 aliphatic carbocycles. The molecular weight excluding hydrogens is 328 g/mol. The zero-order valence-electron chi connectivity index (χ0n) is 9.73. The van der Waals surface area contributed by atoms with Crippen molar-refractivity contribution in [3.05, 3.63) is 40.0 Å². The monoisotopic (exact) mass is 335 g/mol. The van der Waals surface area contributed by atoms with E-state index in [0.717, 1.165) is 5.69 Å². The molecule has 0 saturated heterocycles. The van der Waals surface area contributed by atoms with E-state index in [1.807, 2.05) is 0 Å². The van der Waals surface area contributed by atoms with E-state index in [9.17, 15) is 4.39 Å². The van der Waals surface area contributed by atoms with Crippen molar-refractivity contribution in [1.82, 2.24) is 15.0 Å². The van der Waals surface area contributed by atoms with Gasteiger partial charge in [-0.05, 0) is 18.4 Å². The van der Waals surface area contributed by atoms with Crippen molar-refractivity contribution in [2.24, 2.45) is 0 Å². The molecule has 2 heterocycles. The molecule has 2 aromatic heterocycles. The van der Waals surface area contributed by atoms with Gasteiger partial charge in [0, 0.05) is 17.0 Å². The summed E-state index contributed by atoms with van der Waals surface area (Å²) in [5.41, 5.74) is 0.798. The molecule has 3 nitrogen and oxygen atoms in total. The first-order chi connectivity index (χ1) is 9.10. The lowest BCUT2D eigenvalue weighted by atomic mass is 10.4. The summed E-state index contributed by atoms with van der Waals surface area (Å²) in [6, 6.07) is 3.46. The Morgan fingerprint density at radius 2 is 2.11 bits per heavy atom. The smallest absolute Gasteiger partial charge is 0.192 e. The van der Waals surface area contributed by atoms with Crippen molar-refractivity contribution in [3.63, 3.8) is 0 Å². The maximum absolute atomic E-state index is 13.5. The van der Waals surface area contributed by atoms with Crippen LogP contribution >= 0.6 is 46.7 Å². The van der Waals surface area contributed by atoms with Gasteiger partial charge in [-0.25, -0.2) is 14.4 Å².